The summed E-state index contributed by atoms with van der Waals surface area (Å²) in [5, 5.41) is 3.14. The minimum absolute atomic E-state index is 0.0120. The van der Waals surface area contributed by atoms with Crippen molar-refractivity contribution in [2.24, 2.45) is 5.92 Å². The molecule has 2 heterocycles. The number of anilines is 1. The number of nitrogens with one attached hydrogen (secondary N) is 1. The van der Waals surface area contributed by atoms with Gasteiger partial charge < -0.3 is 10.2 Å². The molecule has 4 rings (SSSR count). The summed E-state index contributed by atoms with van der Waals surface area (Å²) in [6, 6.07) is 21.3. The van der Waals surface area contributed by atoms with Gasteiger partial charge in [-0.3, -0.25) is 14.6 Å². The van der Waals surface area contributed by atoms with Crippen LogP contribution in [0.15, 0.2) is 72.9 Å². The van der Waals surface area contributed by atoms with Crippen LogP contribution in [0.5, 0.6) is 0 Å². The fourth-order valence-electron chi connectivity index (χ4n) is 4.70. The highest BCUT2D eigenvalue weighted by molar-refractivity contribution is 5.96. The fraction of sp³-hybridized carbons (Fsp3) is 0.345. The third kappa shape index (κ3) is 5.04. The van der Waals surface area contributed by atoms with E-state index < -0.39 is 0 Å². The van der Waals surface area contributed by atoms with Crippen LogP contribution < -0.4 is 5.32 Å². The number of carbonyl (C=O) groups is 2. The minimum atomic E-state index is -0.359. The third-order valence-electron chi connectivity index (χ3n) is 6.58. The largest absolute Gasteiger partial charge is 0.329 e. The van der Waals surface area contributed by atoms with Gasteiger partial charge in [-0.1, -0.05) is 69.3 Å². The van der Waals surface area contributed by atoms with Crippen molar-refractivity contribution in [3.8, 4) is 0 Å². The van der Waals surface area contributed by atoms with Crippen molar-refractivity contribution in [3.05, 3.63) is 95.3 Å². The van der Waals surface area contributed by atoms with Crippen LogP contribution in [0, 0.1) is 12.8 Å². The van der Waals surface area contributed by atoms with Crippen molar-refractivity contribution in [1.82, 2.24) is 9.88 Å². The number of likely N-dealkylation sites (tertiary alicyclic amines) is 1. The van der Waals surface area contributed by atoms with Gasteiger partial charge in [0.1, 0.15) is 5.69 Å². The first-order valence-corrected chi connectivity index (χ1v) is 11.9. The molecule has 2 aromatic carbocycles. The molecule has 34 heavy (non-hydrogen) atoms. The summed E-state index contributed by atoms with van der Waals surface area (Å²) >= 11 is 0. The van der Waals surface area contributed by atoms with E-state index in [1.165, 1.54) is 0 Å². The maximum atomic E-state index is 13.6. The van der Waals surface area contributed by atoms with Crippen LogP contribution in [-0.2, 0) is 10.2 Å². The highest BCUT2D eigenvalue weighted by Crippen LogP contribution is 2.38. The van der Waals surface area contributed by atoms with E-state index in [-0.39, 0.29) is 29.2 Å². The lowest BCUT2D eigenvalue weighted by Crippen LogP contribution is -2.46. The first kappa shape index (κ1) is 23.7. The number of hydrogen-bond acceptors (Lipinski definition) is 3. The monoisotopic (exact) mass is 455 g/mol. The molecule has 5 nitrogen and oxygen atoms in total. The summed E-state index contributed by atoms with van der Waals surface area (Å²) in [5.74, 6) is -0.545. The first-order valence-electron chi connectivity index (χ1n) is 11.9. The number of hydrogen-bond donors (Lipinski definition) is 1. The molecule has 0 aliphatic carbocycles. The average Bonchev–Trinajstić information content (AvgIpc) is 2.83. The van der Waals surface area contributed by atoms with E-state index in [9.17, 15) is 9.59 Å². The fourth-order valence-corrected chi connectivity index (χ4v) is 4.70. The molecule has 0 saturated carbocycles. The molecule has 2 amide bonds. The molecule has 1 aliphatic heterocycles. The lowest BCUT2D eigenvalue weighted by atomic mass is 9.83. The molecule has 1 N–H and O–H groups in total. The number of aryl methyl sites for hydroxylation is 1. The Morgan fingerprint density at radius 1 is 1.00 bits per heavy atom. The van der Waals surface area contributed by atoms with Crippen LogP contribution >= 0.6 is 0 Å². The Balaban J connectivity index is 1.66. The van der Waals surface area contributed by atoms with E-state index in [0.29, 0.717) is 12.2 Å². The Morgan fingerprint density at radius 2 is 1.76 bits per heavy atom. The predicted octanol–water partition coefficient (Wildman–Crippen LogP) is 5.92. The van der Waals surface area contributed by atoms with Gasteiger partial charge in [0, 0.05) is 18.4 Å². The van der Waals surface area contributed by atoms with Gasteiger partial charge in [0.15, 0.2) is 0 Å². The molecule has 1 aliphatic rings. The lowest BCUT2D eigenvalue weighted by Gasteiger charge is -2.41. The molecule has 2 atom stereocenters. The van der Waals surface area contributed by atoms with Crippen molar-refractivity contribution in [2.75, 3.05) is 11.9 Å². The Kier molecular flexibility index (Phi) is 6.82. The van der Waals surface area contributed by atoms with E-state index in [1.807, 2.05) is 72.5 Å². The maximum absolute atomic E-state index is 13.6. The number of pyridine rings is 1. The predicted molar refractivity (Wildman–Crippen MR) is 136 cm³/mol. The molecule has 5 heteroatoms. The summed E-state index contributed by atoms with van der Waals surface area (Å²) in [6.45, 7) is 8.96. The standard InChI is InChI=1S/C29H33N3O2/c1-20-11-9-17-30-25(20)28(34)32-18-10-16-24(26(32)21-12-6-5-7-13-21)27(33)31-23-15-8-14-22(19-23)29(2,3)4/h5-9,11-15,17,19,24,26H,10,16,18H2,1-4H3,(H,31,33). The number of benzene rings is 2. The van der Waals surface area contributed by atoms with Gasteiger partial charge >= 0.3 is 0 Å². The van der Waals surface area contributed by atoms with Crippen molar-refractivity contribution < 1.29 is 9.59 Å². The molecular formula is C29H33N3O2. The van der Waals surface area contributed by atoms with Gasteiger partial charge in [0.2, 0.25) is 5.91 Å². The molecule has 3 aromatic rings. The molecule has 0 radical (unpaired) electrons. The topological polar surface area (TPSA) is 62.3 Å². The lowest BCUT2D eigenvalue weighted by molar-refractivity contribution is -0.123. The van der Waals surface area contributed by atoms with Gasteiger partial charge in [-0.15, -0.1) is 0 Å². The Bertz CT molecular complexity index is 1170. The highest BCUT2D eigenvalue weighted by Gasteiger charge is 2.40. The zero-order chi connectivity index (χ0) is 24.3. The van der Waals surface area contributed by atoms with Crippen LogP contribution in [0.1, 0.15) is 66.8 Å². The van der Waals surface area contributed by atoms with E-state index >= 15 is 0 Å². The van der Waals surface area contributed by atoms with Gasteiger partial charge in [-0.2, -0.15) is 0 Å². The zero-order valence-corrected chi connectivity index (χ0v) is 20.4. The molecule has 1 aromatic heterocycles. The third-order valence-corrected chi connectivity index (χ3v) is 6.58. The number of rotatable bonds is 4. The van der Waals surface area contributed by atoms with Crippen LogP contribution in [0.3, 0.4) is 0 Å². The number of aromatic nitrogens is 1. The number of amides is 2. The molecule has 176 valence electrons. The van der Waals surface area contributed by atoms with Gasteiger partial charge in [-0.25, -0.2) is 0 Å². The van der Waals surface area contributed by atoms with Crippen LogP contribution in [0.2, 0.25) is 0 Å². The second-order valence-electron chi connectivity index (χ2n) is 10.1. The quantitative estimate of drug-likeness (QED) is 0.531. The maximum Gasteiger partial charge on any atom is 0.273 e. The molecule has 0 spiro atoms. The summed E-state index contributed by atoms with van der Waals surface area (Å²) in [6.07, 6.45) is 3.13. The number of piperidine rings is 1. The molecular weight excluding hydrogens is 422 g/mol. The van der Waals surface area contributed by atoms with Crippen molar-refractivity contribution >= 4 is 17.5 Å². The van der Waals surface area contributed by atoms with Crippen molar-refractivity contribution in [2.45, 2.75) is 52.0 Å². The molecule has 0 bridgehead atoms. The molecule has 1 saturated heterocycles. The van der Waals surface area contributed by atoms with Crippen LogP contribution in [-0.4, -0.2) is 28.2 Å². The van der Waals surface area contributed by atoms with Gasteiger partial charge in [-0.05, 0) is 60.1 Å². The van der Waals surface area contributed by atoms with E-state index in [2.05, 4.69) is 37.1 Å². The highest BCUT2D eigenvalue weighted by atomic mass is 16.2. The van der Waals surface area contributed by atoms with E-state index in [1.54, 1.807) is 6.20 Å². The smallest absolute Gasteiger partial charge is 0.273 e. The van der Waals surface area contributed by atoms with Crippen LogP contribution in [0.4, 0.5) is 5.69 Å². The van der Waals surface area contributed by atoms with Crippen molar-refractivity contribution in [1.29, 1.82) is 0 Å². The summed E-state index contributed by atoms with van der Waals surface area (Å²) in [4.78, 5) is 33.4. The summed E-state index contributed by atoms with van der Waals surface area (Å²) in [7, 11) is 0. The van der Waals surface area contributed by atoms with Gasteiger partial charge in [0.05, 0.1) is 12.0 Å². The second kappa shape index (κ2) is 9.80. The SMILES string of the molecule is Cc1cccnc1C(=O)N1CCCC(C(=O)Nc2cccc(C(C)(C)C)c2)C1c1ccccc1. The minimum Gasteiger partial charge on any atom is -0.329 e. The Hall–Kier alpha value is -3.47. The number of carbonyl (C=O) groups excluding carboxylic acids is 2. The molecule has 1 fully saturated rings. The number of nitrogens with zero attached hydrogens (tertiary/aromatic N) is 2. The summed E-state index contributed by atoms with van der Waals surface area (Å²) in [5.41, 5.74) is 4.19. The van der Waals surface area contributed by atoms with E-state index in [0.717, 1.165) is 35.2 Å². The van der Waals surface area contributed by atoms with Gasteiger partial charge in [0.25, 0.3) is 5.91 Å². The second-order valence-corrected chi connectivity index (χ2v) is 10.1. The van der Waals surface area contributed by atoms with Crippen LogP contribution in [0.25, 0.3) is 0 Å². The molecule has 2 unspecified atom stereocenters. The normalized spacial score (nSPS) is 18.4. The Labute approximate surface area is 202 Å². The first-order chi connectivity index (χ1) is 16.3. The van der Waals surface area contributed by atoms with Crippen molar-refractivity contribution in [3.63, 3.8) is 0 Å². The Morgan fingerprint density at radius 3 is 2.47 bits per heavy atom. The van der Waals surface area contributed by atoms with E-state index in [4.69, 9.17) is 0 Å². The zero-order valence-electron chi connectivity index (χ0n) is 20.4. The summed E-state index contributed by atoms with van der Waals surface area (Å²) < 4.78 is 0. The average molecular weight is 456 g/mol.